The molecule has 2 aliphatic rings. The minimum Gasteiger partial charge on any atom is -0.462 e. The number of carbonyl (C=O) groups excluding carboxylic acids is 1. The van der Waals surface area contributed by atoms with Crippen molar-refractivity contribution in [2.24, 2.45) is 0 Å². The number of esters is 1. The van der Waals surface area contributed by atoms with E-state index in [1.807, 2.05) is 20.8 Å². The molecular formula is C18H24N4O3S. The summed E-state index contributed by atoms with van der Waals surface area (Å²) in [5.41, 5.74) is 0.905. The molecule has 2 aromatic rings. The first-order chi connectivity index (χ1) is 12.5. The Balaban J connectivity index is 1.76. The van der Waals surface area contributed by atoms with Gasteiger partial charge in [-0.3, -0.25) is 4.90 Å². The molecule has 0 spiro atoms. The third-order valence-electron chi connectivity index (χ3n) is 5.22. The van der Waals surface area contributed by atoms with E-state index in [4.69, 9.17) is 14.5 Å². The van der Waals surface area contributed by atoms with E-state index in [-0.39, 0.29) is 12.1 Å². The summed E-state index contributed by atoms with van der Waals surface area (Å²) < 4.78 is 11.2. The van der Waals surface area contributed by atoms with Gasteiger partial charge in [0.15, 0.2) is 0 Å². The van der Waals surface area contributed by atoms with E-state index in [1.54, 1.807) is 0 Å². The van der Waals surface area contributed by atoms with E-state index in [0.29, 0.717) is 23.4 Å². The van der Waals surface area contributed by atoms with Crippen LogP contribution in [0, 0.1) is 13.8 Å². The van der Waals surface area contributed by atoms with Gasteiger partial charge in [-0.2, -0.15) is 0 Å². The van der Waals surface area contributed by atoms with E-state index < -0.39 is 0 Å². The van der Waals surface area contributed by atoms with Gasteiger partial charge in [0.25, 0.3) is 0 Å². The number of nitrogens with zero attached hydrogens (tertiary/aromatic N) is 4. The molecule has 4 heterocycles. The normalized spacial score (nSPS) is 23.5. The molecule has 0 aliphatic carbocycles. The molecule has 4 rings (SSSR count). The number of aromatic nitrogens is 2. The van der Waals surface area contributed by atoms with Crippen LogP contribution in [0.2, 0.25) is 0 Å². The Hall–Kier alpha value is -1.77. The van der Waals surface area contributed by atoms with Crippen molar-refractivity contribution < 1.29 is 14.3 Å². The maximum atomic E-state index is 12.3. The summed E-state index contributed by atoms with van der Waals surface area (Å²) in [5.74, 6) is 1.34. The molecule has 7 nitrogen and oxygen atoms in total. The fourth-order valence-corrected chi connectivity index (χ4v) is 4.99. The van der Waals surface area contributed by atoms with Crippen molar-refractivity contribution in [1.29, 1.82) is 0 Å². The highest BCUT2D eigenvalue weighted by Gasteiger charge is 2.40. The van der Waals surface area contributed by atoms with Gasteiger partial charge in [0.05, 0.1) is 30.7 Å². The Morgan fingerprint density at radius 1 is 1.35 bits per heavy atom. The number of aryl methyl sites for hydroxylation is 2. The monoisotopic (exact) mass is 376 g/mol. The fraction of sp³-hybridized carbons (Fsp3) is 0.611. The Morgan fingerprint density at radius 3 is 2.88 bits per heavy atom. The van der Waals surface area contributed by atoms with Crippen LogP contribution in [0.1, 0.15) is 28.0 Å². The van der Waals surface area contributed by atoms with Crippen molar-refractivity contribution >= 4 is 33.3 Å². The summed E-state index contributed by atoms with van der Waals surface area (Å²) in [4.78, 5) is 27.7. The van der Waals surface area contributed by atoms with E-state index in [0.717, 1.165) is 47.8 Å². The lowest BCUT2D eigenvalue weighted by atomic mass is 10.1. The molecule has 140 valence electrons. The zero-order valence-corrected chi connectivity index (χ0v) is 16.4. The largest absolute Gasteiger partial charge is 0.462 e. The zero-order valence-electron chi connectivity index (χ0n) is 15.6. The van der Waals surface area contributed by atoms with Gasteiger partial charge >= 0.3 is 5.97 Å². The van der Waals surface area contributed by atoms with Crippen molar-refractivity contribution in [3.63, 3.8) is 0 Å². The van der Waals surface area contributed by atoms with Crippen LogP contribution in [0.3, 0.4) is 0 Å². The number of anilines is 1. The zero-order chi connectivity index (χ0) is 18.4. The van der Waals surface area contributed by atoms with Gasteiger partial charge in [-0.1, -0.05) is 0 Å². The van der Waals surface area contributed by atoms with Crippen LogP contribution in [0.4, 0.5) is 5.82 Å². The molecule has 0 saturated carbocycles. The highest BCUT2D eigenvalue weighted by Crippen LogP contribution is 2.37. The predicted octanol–water partition coefficient (Wildman–Crippen LogP) is 2.00. The van der Waals surface area contributed by atoms with E-state index in [9.17, 15) is 4.79 Å². The number of morpholine rings is 1. The van der Waals surface area contributed by atoms with Gasteiger partial charge in [-0.15, -0.1) is 11.3 Å². The maximum absolute atomic E-state index is 12.3. The molecule has 2 aromatic heterocycles. The molecule has 2 aliphatic heterocycles. The second kappa shape index (κ2) is 6.75. The second-order valence-corrected chi connectivity index (χ2v) is 7.91. The standard InChI is InChI=1S/C18H24N4O3S/c1-5-24-18(23)15-10(2)14-16(19-11(3)20-17(14)26-15)22-8-12-13(9-22)25-7-6-21(12)4/h12-13H,5-9H2,1-4H3. The first kappa shape index (κ1) is 17.6. The number of rotatable bonds is 3. The van der Waals surface area contributed by atoms with Crippen molar-refractivity contribution in [3.05, 3.63) is 16.3 Å². The van der Waals surface area contributed by atoms with E-state index in [1.165, 1.54) is 11.3 Å². The summed E-state index contributed by atoms with van der Waals surface area (Å²) in [6.07, 6.45) is 0.197. The molecule has 0 bridgehead atoms. The molecule has 0 N–H and O–H groups in total. The van der Waals surface area contributed by atoms with E-state index >= 15 is 0 Å². The summed E-state index contributed by atoms with van der Waals surface area (Å²) in [5, 5.41) is 0.963. The van der Waals surface area contributed by atoms with Crippen LogP contribution < -0.4 is 4.90 Å². The highest BCUT2D eigenvalue weighted by atomic mass is 32.1. The van der Waals surface area contributed by atoms with Gasteiger partial charge in [-0.25, -0.2) is 14.8 Å². The molecule has 2 saturated heterocycles. The molecule has 26 heavy (non-hydrogen) atoms. The molecule has 2 unspecified atom stereocenters. The first-order valence-corrected chi connectivity index (χ1v) is 9.83. The van der Waals surface area contributed by atoms with Crippen molar-refractivity contribution in [3.8, 4) is 0 Å². The Bertz CT molecular complexity index is 853. The Kier molecular flexibility index (Phi) is 4.58. The van der Waals surface area contributed by atoms with E-state index in [2.05, 4.69) is 21.8 Å². The van der Waals surface area contributed by atoms with Crippen LogP contribution in [0.25, 0.3) is 10.2 Å². The molecule has 0 amide bonds. The molecule has 8 heteroatoms. The average molecular weight is 376 g/mol. The third kappa shape index (κ3) is 2.86. The molecular weight excluding hydrogens is 352 g/mol. The van der Waals surface area contributed by atoms with Gasteiger partial charge in [0.1, 0.15) is 21.3 Å². The van der Waals surface area contributed by atoms with Crippen molar-refractivity contribution in [2.45, 2.75) is 32.9 Å². The van der Waals surface area contributed by atoms with Crippen LogP contribution >= 0.6 is 11.3 Å². The number of carbonyl (C=O) groups is 1. The maximum Gasteiger partial charge on any atom is 0.348 e. The number of hydrogen-bond acceptors (Lipinski definition) is 8. The van der Waals surface area contributed by atoms with Crippen LogP contribution in [0.5, 0.6) is 0 Å². The lowest BCUT2D eigenvalue weighted by molar-refractivity contribution is -0.0362. The fourth-order valence-electron chi connectivity index (χ4n) is 3.87. The van der Waals surface area contributed by atoms with Gasteiger partial charge < -0.3 is 14.4 Å². The van der Waals surface area contributed by atoms with Crippen LogP contribution in [0.15, 0.2) is 0 Å². The average Bonchev–Trinajstić information content (AvgIpc) is 3.17. The van der Waals surface area contributed by atoms with Crippen LogP contribution in [-0.2, 0) is 9.47 Å². The third-order valence-corrected chi connectivity index (χ3v) is 6.39. The summed E-state index contributed by atoms with van der Waals surface area (Å²) in [7, 11) is 2.15. The SMILES string of the molecule is CCOC(=O)c1sc2nc(C)nc(N3CC4OCCN(C)C4C3)c2c1C. The smallest absolute Gasteiger partial charge is 0.348 e. The highest BCUT2D eigenvalue weighted by molar-refractivity contribution is 7.20. The molecule has 2 atom stereocenters. The van der Waals surface area contributed by atoms with Crippen molar-refractivity contribution in [2.75, 3.05) is 44.8 Å². The van der Waals surface area contributed by atoms with Crippen molar-refractivity contribution in [1.82, 2.24) is 14.9 Å². The van der Waals surface area contributed by atoms with Crippen LogP contribution in [-0.4, -0.2) is 72.9 Å². The number of hydrogen-bond donors (Lipinski definition) is 0. The Labute approximate surface area is 156 Å². The summed E-state index contributed by atoms with van der Waals surface area (Å²) >= 11 is 1.39. The molecule has 0 aromatic carbocycles. The quantitative estimate of drug-likeness (QED) is 0.759. The molecule has 2 fully saturated rings. The number of thiophene rings is 1. The minimum absolute atomic E-state index is 0.197. The predicted molar refractivity (Wildman–Crippen MR) is 101 cm³/mol. The number of fused-ring (bicyclic) bond motifs is 2. The number of likely N-dealkylation sites (N-methyl/N-ethyl adjacent to an activating group) is 1. The van der Waals surface area contributed by atoms with Gasteiger partial charge in [-0.05, 0) is 33.4 Å². The molecule has 0 radical (unpaired) electrons. The minimum atomic E-state index is -0.283. The second-order valence-electron chi connectivity index (χ2n) is 6.91. The lowest BCUT2D eigenvalue weighted by Gasteiger charge is -2.33. The number of ether oxygens (including phenoxy) is 2. The topological polar surface area (TPSA) is 67.8 Å². The summed E-state index contributed by atoms with van der Waals surface area (Å²) in [6, 6.07) is 0.373. The van der Waals surface area contributed by atoms with Gasteiger partial charge in [0.2, 0.25) is 0 Å². The lowest BCUT2D eigenvalue weighted by Crippen LogP contribution is -2.48. The first-order valence-electron chi connectivity index (χ1n) is 9.01. The Morgan fingerprint density at radius 2 is 2.15 bits per heavy atom. The van der Waals surface area contributed by atoms with Gasteiger partial charge in [0, 0.05) is 19.6 Å². The summed E-state index contributed by atoms with van der Waals surface area (Å²) in [6.45, 7) is 9.45.